The summed E-state index contributed by atoms with van der Waals surface area (Å²) >= 11 is 6.19. The largest absolute Gasteiger partial charge is 0.453 e. The predicted octanol–water partition coefficient (Wildman–Crippen LogP) is 3.63. The van der Waals surface area contributed by atoms with Gasteiger partial charge in [-0.25, -0.2) is 9.78 Å². The van der Waals surface area contributed by atoms with Crippen molar-refractivity contribution in [3.8, 4) is 16.9 Å². The number of halogens is 1. The number of aliphatic hydroxyl groups is 1. The van der Waals surface area contributed by atoms with E-state index in [1.165, 1.54) is 24.2 Å². The number of methoxy groups -OCH3 is 1. The summed E-state index contributed by atoms with van der Waals surface area (Å²) in [5.41, 5.74) is 3.12. The molecule has 0 aliphatic carbocycles. The lowest BCUT2D eigenvalue weighted by atomic mass is 10.0. The normalized spacial score (nSPS) is 17.1. The standard InChI is InChI=1S/C28H28ClN9O5/c1-43-28(42)32-18-7-8-20-22(12-18)34-26(41)13-19(39)3-2-4-21(27-30-14-23(20)35-27)33-25(40)10-5-16-11-17(29)6-9-24(16)38-15-31-36-37-38/h5-12,14-15,19,21,39H,2-4,13H2,1H3,(H,30,35)(H,32,42)(H,33,40)(H,34,41)/b10-5+/t19?,21-/m0/s1. The molecule has 0 saturated carbocycles. The minimum atomic E-state index is -0.893. The fraction of sp³-hybridized carbons (Fsp3) is 0.250. The zero-order valence-corrected chi connectivity index (χ0v) is 23.7. The summed E-state index contributed by atoms with van der Waals surface area (Å²) in [6, 6.07) is 9.53. The summed E-state index contributed by atoms with van der Waals surface area (Å²) in [6.07, 6.45) is 5.72. The van der Waals surface area contributed by atoms with Crippen LogP contribution in [0.4, 0.5) is 16.2 Å². The van der Waals surface area contributed by atoms with Crippen LogP contribution in [0.3, 0.4) is 0 Å². The van der Waals surface area contributed by atoms with Crippen molar-refractivity contribution in [3.05, 3.63) is 71.4 Å². The molecule has 1 aliphatic rings. The summed E-state index contributed by atoms with van der Waals surface area (Å²) in [6.45, 7) is 0. The number of aromatic nitrogens is 6. The maximum Gasteiger partial charge on any atom is 0.411 e. The van der Waals surface area contributed by atoms with Gasteiger partial charge in [0.2, 0.25) is 11.8 Å². The number of imidazole rings is 1. The van der Waals surface area contributed by atoms with Crippen LogP contribution in [-0.4, -0.2) is 66.4 Å². The molecule has 3 amide bonds. The first-order chi connectivity index (χ1) is 20.8. The molecule has 0 saturated heterocycles. The van der Waals surface area contributed by atoms with E-state index < -0.39 is 24.1 Å². The van der Waals surface area contributed by atoms with E-state index >= 15 is 0 Å². The number of fused-ring (bicyclic) bond motifs is 4. The van der Waals surface area contributed by atoms with E-state index in [-0.39, 0.29) is 12.3 Å². The molecule has 222 valence electrons. The fourth-order valence-electron chi connectivity index (χ4n) is 4.65. The molecular formula is C28H28ClN9O5. The molecule has 2 bridgehead atoms. The maximum atomic E-state index is 13.1. The molecular weight excluding hydrogens is 578 g/mol. The molecule has 1 unspecified atom stereocenters. The van der Waals surface area contributed by atoms with Gasteiger partial charge in [0.25, 0.3) is 0 Å². The number of aliphatic hydroxyl groups excluding tert-OH is 1. The van der Waals surface area contributed by atoms with Crippen LogP contribution >= 0.6 is 11.6 Å². The molecule has 2 aromatic carbocycles. The zero-order valence-electron chi connectivity index (χ0n) is 23.0. The number of anilines is 2. The van der Waals surface area contributed by atoms with Crippen molar-refractivity contribution in [1.82, 2.24) is 35.5 Å². The lowest BCUT2D eigenvalue weighted by Crippen LogP contribution is -2.28. The molecule has 4 aromatic rings. The number of aromatic amines is 1. The molecule has 2 aromatic heterocycles. The number of hydrogen-bond acceptors (Lipinski definition) is 9. The number of nitrogens with zero attached hydrogens (tertiary/aromatic N) is 5. The highest BCUT2D eigenvalue weighted by atomic mass is 35.5. The van der Waals surface area contributed by atoms with Gasteiger partial charge in [0.15, 0.2) is 0 Å². The van der Waals surface area contributed by atoms with Gasteiger partial charge in [-0.3, -0.25) is 14.9 Å². The van der Waals surface area contributed by atoms with Crippen LogP contribution in [0.25, 0.3) is 23.0 Å². The quantitative estimate of drug-likeness (QED) is 0.211. The summed E-state index contributed by atoms with van der Waals surface area (Å²) in [7, 11) is 1.25. The number of amides is 3. The molecule has 1 aliphatic heterocycles. The lowest BCUT2D eigenvalue weighted by Gasteiger charge is -2.17. The van der Waals surface area contributed by atoms with E-state index in [9.17, 15) is 19.5 Å². The Balaban J connectivity index is 1.41. The molecule has 0 spiro atoms. The zero-order chi connectivity index (χ0) is 30.3. The van der Waals surface area contributed by atoms with E-state index in [0.29, 0.717) is 64.0 Å². The number of benzene rings is 2. The second-order valence-corrected chi connectivity index (χ2v) is 10.2. The molecule has 0 radical (unpaired) electrons. The van der Waals surface area contributed by atoms with Crippen molar-refractivity contribution in [2.45, 2.75) is 37.8 Å². The van der Waals surface area contributed by atoms with Gasteiger partial charge < -0.3 is 25.5 Å². The average molecular weight is 606 g/mol. The summed E-state index contributed by atoms with van der Waals surface area (Å²) < 4.78 is 6.12. The van der Waals surface area contributed by atoms with Crippen molar-refractivity contribution in [1.29, 1.82) is 0 Å². The van der Waals surface area contributed by atoms with Crippen molar-refractivity contribution < 1.29 is 24.2 Å². The highest BCUT2D eigenvalue weighted by molar-refractivity contribution is 6.30. The SMILES string of the molecule is COC(=O)Nc1ccc2c(c1)NC(=O)CC(O)CCC[C@H](NC(=O)/C=C/c1cc(Cl)ccc1-n1cnnn1)c1nc-2c[nH]1. The minimum Gasteiger partial charge on any atom is -0.453 e. The minimum absolute atomic E-state index is 0.123. The monoisotopic (exact) mass is 605 g/mol. The Bertz CT molecular complexity index is 1650. The topological polar surface area (TPSA) is 189 Å². The third kappa shape index (κ3) is 7.42. The Kier molecular flexibility index (Phi) is 9.08. The Morgan fingerprint density at radius 2 is 2.07 bits per heavy atom. The third-order valence-corrected chi connectivity index (χ3v) is 6.93. The second kappa shape index (κ2) is 13.3. The molecule has 2 atom stereocenters. The van der Waals surface area contributed by atoms with Crippen molar-refractivity contribution in [3.63, 3.8) is 0 Å². The first kappa shape index (κ1) is 29.4. The van der Waals surface area contributed by atoms with Crippen LogP contribution in [0.15, 0.2) is 55.0 Å². The Morgan fingerprint density at radius 3 is 2.86 bits per heavy atom. The highest BCUT2D eigenvalue weighted by Gasteiger charge is 2.22. The first-order valence-corrected chi connectivity index (χ1v) is 13.7. The molecule has 14 nitrogen and oxygen atoms in total. The smallest absolute Gasteiger partial charge is 0.411 e. The van der Waals surface area contributed by atoms with Crippen molar-refractivity contribution >= 4 is 47.0 Å². The van der Waals surface area contributed by atoms with Crippen molar-refractivity contribution in [2.75, 3.05) is 17.7 Å². The Labute approximate surface area is 250 Å². The van der Waals surface area contributed by atoms with Gasteiger partial charge in [-0.15, -0.1) is 5.10 Å². The van der Waals surface area contributed by atoms with Gasteiger partial charge in [-0.05, 0) is 72.2 Å². The van der Waals surface area contributed by atoms with E-state index in [2.05, 4.69) is 41.2 Å². The predicted molar refractivity (Wildman–Crippen MR) is 157 cm³/mol. The Hall–Kier alpha value is -5.08. The van der Waals surface area contributed by atoms with Gasteiger partial charge in [-0.1, -0.05) is 11.6 Å². The molecule has 5 rings (SSSR count). The maximum absolute atomic E-state index is 13.1. The van der Waals surface area contributed by atoms with Crippen molar-refractivity contribution in [2.24, 2.45) is 0 Å². The van der Waals surface area contributed by atoms with E-state index in [1.807, 2.05) is 0 Å². The Morgan fingerprint density at radius 1 is 1.21 bits per heavy atom. The number of rotatable bonds is 5. The van der Waals surface area contributed by atoms with Crippen LogP contribution in [0.1, 0.15) is 43.1 Å². The van der Waals surface area contributed by atoms with Gasteiger partial charge in [0.1, 0.15) is 12.2 Å². The van der Waals surface area contributed by atoms with Crippen LogP contribution in [0, 0.1) is 0 Å². The third-order valence-electron chi connectivity index (χ3n) is 6.70. The molecule has 0 fully saturated rings. The number of carbonyl (C=O) groups excluding carboxylic acids is 3. The summed E-state index contributed by atoms with van der Waals surface area (Å²) in [5.74, 6) is -0.279. The van der Waals surface area contributed by atoms with Gasteiger partial charge in [-0.2, -0.15) is 4.68 Å². The van der Waals surface area contributed by atoms with Crippen LogP contribution in [-0.2, 0) is 14.3 Å². The van der Waals surface area contributed by atoms with Gasteiger partial charge in [0.05, 0.1) is 42.7 Å². The van der Waals surface area contributed by atoms with Gasteiger partial charge >= 0.3 is 6.09 Å². The highest BCUT2D eigenvalue weighted by Crippen LogP contribution is 2.32. The number of ether oxygens (including phenoxy) is 1. The lowest BCUT2D eigenvalue weighted by molar-refractivity contribution is -0.118. The first-order valence-electron chi connectivity index (χ1n) is 13.3. The molecule has 5 N–H and O–H groups in total. The van der Waals surface area contributed by atoms with Crippen LogP contribution < -0.4 is 16.0 Å². The summed E-state index contributed by atoms with van der Waals surface area (Å²) in [5, 5.41) is 30.6. The van der Waals surface area contributed by atoms with Crippen LogP contribution in [0.5, 0.6) is 0 Å². The number of carbonyl (C=O) groups is 3. The number of hydrogen-bond donors (Lipinski definition) is 5. The number of H-pyrrole nitrogens is 1. The molecule has 3 heterocycles. The average Bonchev–Trinajstić information content (AvgIpc) is 3.68. The van der Waals surface area contributed by atoms with Gasteiger partial charge in [0, 0.05) is 34.1 Å². The number of tetrazole rings is 1. The second-order valence-electron chi connectivity index (χ2n) is 9.74. The van der Waals surface area contributed by atoms with E-state index in [1.54, 1.807) is 48.7 Å². The van der Waals surface area contributed by atoms with E-state index in [0.717, 1.165) is 0 Å². The fourth-order valence-corrected chi connectivity index (χ4v) is 4.83. The number of nitrogens with one attached hydrogen (secondary N) is 4. The molecule has 43 heavy (non-hydrogen) atoms. The molecule has 15 heteroatoms. The van der Waals surface area contributed by atoms with Crippen LogP contribution in [0.2, 0.25) is 5.02 Å². The van der Waals surface area contributed by atoms with E-state index in [4.69, 9.17) is 16.6 Å². The summed E-state index contributed by atoms with van der Waals surface area (Å²) in [4.78, 5) is 45.4.